The third-order valence-corrected chi connectivity index (χ3v) is 7.41. The Morgan fingerprint density at radius 1 is 1.04 bits per heavy atom. The number of hydrogen-bond acceptors (Lipinski definition) is 1. The second kappa shape index (κ2) is 9.03. The highest BCUT2D eigenvalue weighted by Crippen LogP contribution is 2.42. The molecule has 2 aliphatic carbocycles. The van der Waals surface area contributed by atoms with Gasteiger partial charge >= 0.3 is 0 Å². The van der Waals surface area contributed by atoms with Gasteiger partial charge in [-0.05, 0) is 92.2 Å². The predicted molar refractivity (Wildman–Crippen MR) is 105 cm³/mol. The summed E-state index contributed by atoms with van der Waals surface area (Å²) in [6, 6.07) is 7.12. The van der Waals surface area contributed by atoms with Gasteiger partial charge in [-0.25, -0.2) is 4.39 Å². The third kappa shape index (κ3) is 4.67. The summed E-state index contributed by atoms with van der Waals surface area (Å²) in [5.41, 5.74) is 1.25. The van der Waals surface area contributed by atoms with Crippen molar-refractivity contribution >= 4 is 0 Å². The largest absolute Gasteiger partial charge is 0.206 e. The van der Waals surface area contributed by atoms with Crippen LogP contribution < -0.4 is 0 Å². The maximum atomic E-state index is 13.9. The lowest BCUT2D eigenvalue weighted by molar-refractivity contribution is 0.172. The van der Waals surface area contributed by atoms with E-state index in [4.69, 9.17) is 5.26 Å². The minimum Gasteiger partial charge on any atom is -0.206 e. The molecule has 0 amide bonds. The molecule has 2 fully saturated rings. The van der Waals surface area contributed by atoms with Gasteiger partial charge in [0, 0.05) is 0 Å². The van der Waals surface area contributed by atoms with Crippen molar-refractivity contribution in [3.63, 3.8) is 0 Å². The molecule has 0 bridgehead atoms. The molecule has 0 aromatic heterocycles. The Hall–Kier alpha value is -1.36. The second-order valence-corrected chi connectivity index (χ2v) is 8.97. The van der Waals surface area contributed by atoms with Gasteiger partial charge in [0.15, 0.2) is 0 Å². The van der Waals surface area contributed by atoms with Crippen LogP contribution in [0.15, 0.2) is 18.2 Å². The molecule has 2 saturated carbocycles. The van der Waals surface area contributed by atoms with Crippen molar-refractivity contribution in [2.45, 2.75) is 84.0 Å². The van der Waals surface area contributed by atoms with Crippen molar-refractivity contribution in [3.05, 3.63) is 35.1 Å². The zero-order chi connectivity index (χ0) is 18.5. The van der Waals surface area contributed by atoms with Crippen LogP contribution in [0.2, 0.25) is 0 Å². The van der Waals surface area contributed by atoms with Crippen LogP contribution in [0.5, 0.6) is 0 Å². The van der Waals surface area contributed by atoms with E-state index in [0.717, 1.165) is 29.2 Å². The van der Waals surface area contributed by atoms with Crippen molar-refractivity contribution in [2.24, 2.45) is 23.7 Å². The standard InChI is InChI=1S/C24H34FN/c1-3-18-4-8-20(9-5-18)17(2)14-19-6-10-21(11-7-19)22-12-13-23(16-26)24(25)15-22/h12-13,15,17-21H,3-11,14H2,1-2H3. The molecule has 0 aliphatic heterocycles. The van der Waals surface area contributed by atoms with E-state index in [1.165, 1.54) is 64.2 Å². The summed E-state index contributed by atoms with van der Waals surface area (Å²) in [6.07, 6.45) is 13.4. The fourth-order valence-electron chi connectivity index (χ4n) is 5.49. The average Bonchev–Trinajstić information content (AvgIpc) is 2.68. The van der Waals surface area contributed by atoms with Crippen molar-refractivity contribution < 1.29 is 4.39 Å². The van der Waals surface area contributed by atoms with E-state index in [0.29, 0.717) is 5.92 Å². The molecule has 26 heavy (non-hydrogen) atoms. The third-order valence-electron chi connectivity index (χ3n) is 7.41. The van der Waals surface area contributed by atoms with E-state index >= 15 is 0 Å². The summed E-state index contributed by atoms with van der Waals surface area (Å²) in [6.45, 7) is 4.83. The van der Waals surface area contributed by atoms with E-state index in [1.54, 1.807) is 12.1 Å². The van der Waals surface area contributed by atoms with Gasteiger partial charge in [-0.1, -0.05) is 39.2 Å². The maximum absolute atomic E-state index is 13.9. The van der Waals surface area contributed by atoms with Crippen LogP contribution in [0.4, 0.5) is 4.39 Å². The molecule has 1 atom stereocenters. The summed E-state index contributed by atoms with van der Waals surface area (Å²) < 4.78 is 13.9. The summed E-state index contributed by atoms with van der Waals surface area (Å²) in [4.78, 5) is 0. The SMILES string of the molecule is CCC1CCC(C(C)CC2CCC(c3ccc(C#N)c(F)c3)CC2)CC1. The lowest BCUT2D eigenvalue weighted by Crippen LogP contribution is -2.23. The van der Waals surface area contributed by atoms with Crippen LogP contribution in [-0.4, -0.2) is 0 Å². The van der Waals surface area contributed by atoms with Gasteiger partial charge in [0.05, 0.1) is 5.56 Å². The molecule has 2 aliphatic rings. The van der Waals surface area contributed by atoms with Crippen molar-refractivity contribution in [3.8, 4) is 6.07 Å². The molecule has 0 radical (unpaired) electrons. The molecule has 142 valence electrons. The molecule has 0 heterocycles. The van der Waals surface area contributed by atoms with Crippen LogP contribution in [0.1, 0.15) is 95.1 Å². The topological polar surface area (TPSA) is 23.8 Å². The maximum Gasteiger partial charge on any atom is 0.141 e. The van der Waals surface area contributed by atoms with Gasteiger partial charge < -0.3 is 0 Å². The first-order chi connectivity index (χ1) is 12.6. The summed E-state index contributed by atoms with van der Waals surface area (Å²) in [5.74, 6) is 3.77. The van der Waals surface area contributed by atoms with Gasteiger partial charge in [0.2, 0.25) is 0 Å². The zero-order valence-electron chi connectivity index (χ0n) is 16.5. The molecule has 3 rings (SSSR count). The Labute approximate surface area is 159 Å². The Balaban J connectivity index is 1.46. The molecule has 0 saturated heterocycles. The smallest absolute Gasteiger partial charge is 0.141 e. The van der Waals surface area contributed by atoms with Gasteiger partial charge in [-0.15, -0.1) is 0 Å². The number of benzene rings is 1. The molecule has 0 N–H and O–H groups in total. The Bertz CT molecular complexity index is 616. The molecule has 2 heteroatoms. The normalized spacial score (nSPS) is 30.5. The lowest BCUT2D eigenvalue weighted by atomic mass is 9.70. The molecule has 1 aromatic carbocycles. The zero-order valence-corrected chi connectivity index (χ0v) is 16.5. The first-order valence-corrected chi connectivity index (χ1v) is 10.8. The fourth-order valence-corrected chi connectivity index (χ4v) is 5.49. The average molecular weight is 356 g/mol. The van der Waals surface area contributed by atoms with Gasteiger partial charge in [0.1, 0.15) is 11.9 Å². The first kappa shape index (κ1) is 19.4. The monoisotopic (exact) mass is 355 g/mol. The lowest BCUT2D eigenvalue weighted by Gasteiger charge is -2.35. The fraction of sp³-hybridized carbons (Fsp3) is 0.708. The minimum absolute atomic E-state index is 0.161. The van der Waals surface area contributed by atoms with Crippen molar-refractivity contribution in [1.82, 2.24) is 0 Å². The molecule has 1 aromatic rings. The van der Waals surface area contributed by atoms with Gasteiger partial charge in [0.25, 0.3) is 0 Å². The highest BCUT2D eigenvalue weighted by molar-refractivity contribution is 5.34. The minimum atomic E-state index is -0.358. The molecular formula is C24H34FN. The number of hydrogen-bond donors (Lipinski definition) is 0. The number of nitriles is 1. The summed E-state index contributed by atoms with van der Waals surface area (Å²) in [7, 11) is 0. The molecule has 1 unspecified atom stereocenters. The van der Waals surface area contributed by atoms with E-state index in [9.17, 15) is 4.39 Å². The molecule has 1 nitrogen and oxygen atoms in total. The van der Waals surface area contributed by atoms with Crippen LogP contribution in [-0.2, 0) is 0 Å². The number of nitrogens with zero attached hydrogens (tertiary/aromatic N) is 1. The quantitative estimate of drug-likeness (QED) is 0.547. The van der Waals surface area contributed by atoms with Crippen LogP contribution in [0.25, 0.3) is 0 Å². The number of rotatable bonds is 5. The number of halogens is 1. The second-order valence-electron chi connectivity index (χ2n) is 8.97. The first-order valence-electron chi connectivity index (χ1n) is 10.8. The van der Waals surface area contributed by atoms with Crippen LogP contribution in [0.3, 0.4) is 0 Å². The molecular weight excluding hydrogens is 321 g/mol. The van der Waals surface area contributed by atoms with Crippen LogP contribution in [0, 0.1) is 40.8 Å². The Morgan fingerprint density at radius 3 is 2.27 bits per heavy atom. The van der Waals surface area contributed by atoms with E-state index in [2.05, 4.69) is 13.8 Å². The van der Waals surface area contributed by atoms with Crippen molar-refractivity contribution in [2.75, 3.05) is 0 Å². The van der Waals surface area contributed by atoms with Gasteiger partial charge in [-0.2, -0.15) is 5.26 Å². The Morgan fingerprint density at radius 2 is 1.69 bits per heavy atom. The molecule has 0 spiro atoms. The predicted octanol–water partition coefficient (Wildman–Crippen LogP) is 7.21. The van der Waals surface area contributed by atoms with Crippen LogP contribution >= 0.6 is 0 Å². The van der Waals surface area contributed by atoms with E-state index in [-0.39, 0.29) is 11.4 Å². The highest BCUT2D eigenvalue weighted by Gasteiger charge is 2.29. The Kier molecular flexibility index (Phi) is 6.74. The summed E-state index contributed by atoms with van der Waals surface area (Å²) >= 11 is 0. The highest BCUT2D eigenvalue weighted by atomic mass is 19.1. The van der Waals surface area contributed by atoms with Crippen molar-refractivity contribution in [1.29, 1.82) is 5.26 Å². The van der Waals surface area contributed by atoms with E-state index < -0.39 is 0 Å². The van der Waals surface area contributed by atoms with Gasteiger partial charge in [-0.3, -0.25) is 0 Å². The summed E-state index contributed by atoms with van der Waals surface area (Å²) in [5, 5.41) is 8.88. The van der Waals surface area contributed by atoms with E-state index in [1.807, 2.05) is 12.1 Å².